The van der Waals surface area contributed by atoms with E-state index < -0.39 is 0 Å². The molecule has 0 amide bonds. The van der Waals surface area contributed by atoms with Crippen molar-refractivity contribution in [1.82, 2.24) is 14.3 Å². The summed E-state index contributed by atoms with van der Waals surface area (Å²) in [6.07, 6.45) is 0. The summed E-state index contributed by atoms with van der Waals surface area (Å²) in [5, 5.41) is 4.55. The molecule has 2 aromatic carbocycles. The molecule has 0 aliphatic heterocycles. The Labute approximate surface area is 130 Å². The molecular weight excluding hydrogens is 334 g/mol. The van der Waals surface area contributed by atoms with Gasteiger partial charge in [0.1, 0.15) is 0 Å². The van der Waals surface area contributed by atoms with E-state index in [-0.39, 0.29) is 0 Å². The van der Waals surface area contributed by atoms with Crippen molar-refractivity contribution in [1.29, 1.82) is 0 Å². The van der Waals surface area contributed by atoms with E-state index in [1.807, 2.05) is 66.2 Å². The molecule has 1 heterocycles. The van der Waals surface area contributed by atoms with Gasteiger partial charge in [0.05, 0.1) is 5.69 Å². The van der Waals surface area contributed by atoms with Crippen molar-refractivity contribution in [2.24, 2.45) is 7.05 Å². The van der Waals surface area contributed by atoms with E-state index in [1.165, 1.54) is 0 Å². The van der Waals surface area contributed by atoms with Crippen LogP contribution in [-0.4, -0.2) is 14.3 Å². The highest BCUT2D eigenvalue weighted by atomic mass is 79.9. The second-order valence-corrected chi connectivity index (χ2v) is 5.69. The van der Waals surface area contributed by atoms with Crippen molar-refractivity contribution in [2.45, 2.75) is 0 Å². The van der Waals surface area contributed by atoms with Crippen LogP contribution in [-0.2, 0) is 7.05 Å². The normalized spacial score (nSPS) is 10.7. The van der Waals surface area contributed by atoms with Crippen molar-refractivity contribution in [2.75, 3.05) is 0 Å². The maximum Gasteiger partial charge on any atom is 0.202 e. The van der Waals surface area contributed by atoms with E-state index in [9.17, 15) is 0 Å². The van der Waals surface area contributed by atoms with Crippen LogP contribution in [0.3, 0.4) is 0 Å². The molecule has 5 heteroatoms. The van der Waals surface area contributed by atoms with Gasteiger partial charge in [-0.3, -0.25) is 4.57 Å². The zero-order valence-electron chi connectivity index (χ0n) is 10.8. The summed E-state index contributed by atoms with van der Waals surface area (Å²) in [7, 11) is 1.86. The van der Waals surface area contributed by atoms with E-state index in [0.29, 0.717) is 4.77 Å². The van der Waals surface area contributed by atoms with Crippen LogP contribution >= 0.6 is 28.1 Å². The van der Waals surface area contributed by atoms with E-state index >= 15 is 0 Å². The molecule has 3 aromatic rings. The SMILES string of the molecule is Cn1nc(-c2ccccc2)n(-c2cccc(Br)c2)c1=S. The van der Waals surface area contributed by atoms with Crippen LogP contribution in [0.25, 0.3) is 17.1 Å². The summed E-state index contributed by atoms with van der Waals surface area (Å²) in [4.78, 5) is 0. The zero-order chi connectivity index (χ0) is 14.1. The van der Waals surface area contributed by atoms with Gasteiger partial charge in [-0.05, 0) is 30.4 Å². The Balaban J connectivity index is 2.28. The Morgan fingerprint density at radius 3 is 2.50 bits per heavy atom. The lowest BCUT2D eigenvalue weighted by atomic mass is 10.2. The first-order valence-electron chi connectivity index (χ1n) is 6.14. The Morgan fingerprint density at radius 2 is 1.80 bits per heavy atom. The van der Waals surface area contributed by atoms with Crippen LogP contribution in [0.5, 0.6) is 0 Å². The highest BCUT2D eigenvalue weighted by Gasteiger charge is 2.12. The van der Waals surface area contributed by atoms with Gasteiger partial charge in [-0.2, -0.15) is 5.10 Å². The first-order valence-corrected chi connectivity index (χ1v) is 7.34. The standard InChI is InChI=1S/C15H12BrN3S/c1-18-15(20)19(13-9-5-8-12(16)10-13)14(17-18)11-6-3-2-4-7-11/h2-10H,1H3. The summed E-state index contributed by atoms with van der Waals surface area (Å²) < 4.78 is 5.38. The van der Waals surface area contributed by atoms with Crippen LogP contribution in [0.4, 0.5) is 0 Å². The highest BCUT2D eigenvalue weighted by Crippen LogP contribution is 2.23. The minimum Gasteiger partial charge on any atom is -0.268 e. The van der Waals surface area contributed by atoms with Gasteiger partial charge in [0, 0.05) is 17.1 Å². The number of halogens is 1. The van der Waals surface area contributed by atoms with Crippen LogP contribution in [0.1, 0.15) is 0 Å². The fourth-order valence-corrected chi connectivity index (χ4v) is 2.71. The minimum absolute atomic E-state index is 0.668. The number of aromatic nitrogens is 3. The van der Waals surface area contributed by atoms with Crippen molar-refractivity contribution < 1.29 is 0 Å². The smallest absolute Gasteiger partial charge is 0.202 e. The van der Waals surface area contributed by atoms with Crippen LogP contribution in [0, 0.1) is 4.77 Å². The molecule has 0 unspecified atom stereocenters. The average molecular weight is 346 g/mol. The Morgan fingerprint density at radius 1 is 1.05 bits per heavy atom. The van der Waals surface area contributed by atoms with Gasteiger partial charge in [0.15, 0.2) is 5.82 Å². The molecule has 3 rings (SSSR count). The van der Waals surface area contributed by atoms with Crippen LogP contribution in [0.15, 0.2) is 59.1 Å². The van der Waals surface area contributed by atoms with Crippen molar-refractivity contribution in [3.63, 3.8) is 0 Å². The first kappa shape index (κ1) is 13.3. The molecule has 0 bridgehead atoms. The predicted octanol–water partition coefficient (Wildman–Crippen LogP) is 4.37. The fourth-order valence-electron chi connectivity index (χ4n) is 2.09. The second kappa shape index (κ2) is 5.34. The molecule has 0 aliphatic carbocycles. The van der Waals surface area contributed by atoms with E-state index in [1.54, 1.807) is 4.68 Å². The number of aryl methyl sites for hydroxylation is 1. The number of nitrogens with zero attached hydrogens (tertiary/aromatic N) is 3. The van der Waals surface area contributed by atoms with Crippen LogP contribution in [0.2, 0.25) is 0 Å². The van der Waals surface area contributed by atoms with Gasteiger partial charge in [-0.15, -0.1) is 0 Å². The average Bonchev–Trinajstić information content (AvgIpc) is 2.76. The Hall–Kier alpha value is -1.72. The van der Waals surface area contributed by atoms with Crippen molar-refractivity contribution in [3.05, 3.63) is 63.8 Å². The quantitative estimate of drug-likeness (QED) is 0.643. The molecule has 0 atom stereocenters. The summed E-state index contributed by atoms with van der Waals surface area (Å²) in [6.45, 7) is 0. The second-order valence-electron chi connectivity index (χ2n) is 4.41. The molecule has 0 N–H and O–H groups in total. The molecule has 0 saturated heterocycles. The Kier molecular flexibility index (Phi) is 3.54. The summed E-state index contributed by atoms with van der Waals surface area (Å²) >= 11 is 8.98. The number of hydrogen-bond acceptors (Lipinski definition) is 2. The van der Waals surface area contributed by atoms with Gasteiger partial charge in [0.25, 0.3) is 0 Å². The zero-order valence-corrected chi connectivity index (χ0v) is 13.2. The summed E-state index contributed by atoms with van der Waals surface area (Å²) in [6, 6.07) is 18.1. The molecule has 1 aromatic heterocycles. The van der Waals surface area contributed by atoms with E-state index in [4.69, 9.17) is 12.2 Å². The monoisotopic (exact) mass is 345 g/mol. The lowest BCUT2D eigenvalue weighted by molar-refractivity contribution is 0.750. The highest BCUT2D eigenvalue weighted by molar-refractivity contribution is 9.10. The van der Waals surface area contributed by atoms with Gasteiger partial charge < -0.3 is 0 Å². The molecule has 0 fully saturated rings. The lowest BCUT2D eigenvalue weighted by Gasteiger charge is -2.07. The number of rotatable bonds is 2. The maximum atomic E-state index is 5.49. The molecule has 0 aliphatic rings. The molecular formula is C15H12BrN3S. The summed E-state index contributed by atoms with van der Waals surface area (Å²) in [5.41, 5.74) is 2.04. The van der Waals surface area contributed by atoms with E-state index in [0.717, 1.165) is 21.5 Å². The fraction of sp³-hybridized carbons (Fsp3) is 0.0667. The van der Waals surface area contributed by atoms with Gasteiger partial charge in [-0.25, -0.2) is 4.68 Å². The van der Waals surface area contributed by atoms with Gasteiger partial charge in [0.2, 0.25) is 4.77 Å². The first-order chi connectivity index (χ1) is 9.66. The number of benzene rings is 2. The molecule has 0 saturated carbocycles. The molecule has 0 radical (unpaired) electrons. The molecule has 100 valence electrons. The minimum atomic E-state index is 0.668. The molecule has 0 spiro atoms. The Bertz CT molecular complexity index is 805. The lowest BCUT2D eigenvalue weighted by Crippen LogP contribution is -1.98. The van der Waals surface area contributed by atoms with Crippen molar-refractivity contribution in [3.8, 4) is 17.1 Å². The van der Waals surface area contributed by atoms with Gasteiger partial charge in [-0.1, -0.05) is 52.3 Å². The third kappa shape index (κ3) is 2.34. The van der Waals surface area contributed by atoms with Gasteiger partial charge >= 0.3 is 0 Å². The molecule has 20 heavy (non-hydrogen) atoms. The third-order valence-electron chi connectivity index (χ3n) is 3.02. The molecule has 3 nitrogen and oxygen atoms in total. The predicted molar refractivity (Wildman–Crippen MR) is 86.5 cm³/mol. The number of hydrogen-bond donors (Lipinski definition) is 0. The maximum absolute atomic E-state index is 5.49. The third-order valence-corrected chi connectivity index (χ3v) is 3.96. The topological polar surface area (TPSA) is 22.8 Å². The van der Waals surface area contributed by atoms with Crippen molar-refractivity contribution >= 4 is 28.1 Å². The summed E-state index contributed by atoms with van der Waals surface area (Å²) in [5.74, 6) is 0.844. The van der Waals surface area contributed by atoms with E-state index in [2.05, 4.69) is 21.0 Å². The van der Waals surface area contributed by atoms with Crippen LogP contribution < -0.4 is 0 Å². The largest absolute Gasteiger partial charge is 0.268 e.